The highest BCUT2D eigenvalue weighted by Crippen LogP contribution is 2.06. The Bertz CT molecular complexity index is 307. The molecule has 1 aromatic heterocycles. The van der Waals surface area contributed by atoms with Crippen molar-refractivity contribution in [1.29, 1.82) is 0 Å². The largest absolute Gasteiger partial charge is 0.382 e. The quantitative estimate of drug-likeness (QED) is 0.669. The number of Topliss-reactive ketones (excluding diaryl/α,β-unsaturated/α-hetero) is 1. The standard InChI is InChI=1S/C10H16N2O2/c1-8(14-3)4-5-10(13)9-6-7-12(2)11-9/h6-8H,4-5H2,1-3H3. The maximum Gasteiger partial charge on any atom is 0.183 e. The van der Waals surface area contributed by atoms with E-state index < -0.39 is 0 Å². The molecule has 4 heteroatoms. The van der Waals surface area contributed by atoms with Crippen molar-refractivity contribution in [3.05, 3.63) is 18.0 Å². The van der Waals surface area contributed by atoms with E-state index in [0.29, 0.717) is 12.1 Å². The predicted molar refractivity (Wildman–Crippen MR) is 53.2 cm³/mol. The van der Waals surface area contributed by atoms with Crippen molar-refractivity contribution in [2.75, 3.05) is 7.11 Å². The van der Waals surface area contributed by atoms with Gasteiger partial charge in [0.2, 0.25) is 0 Å². The molecule has 4 nitrogen and oxygen atoms in total. The van der Waals surface area contributed by atoms with Crippen molar-refractivity contribution in [3.8, 4) is 0 Å². The summed E-state index contributed by atoms with van der Waals surface area (Å²) in [4.78, 5) is 11.5. The third kappa shape index (κ3) is 2.96. The molecule has 0 aliphatic heterocycles. The number of nitrogens with zero attached hydrogens (tertiary/aromatic N) is 2. The lowest BCUT2D eigenvalue weighted by Gasteiger charge is -2.06. The van der Waals surface area contributed by atoms with Crippen LogP contribution in [0.4, 0.5) is 0 Å². The normalized spacial score (nSPS) is 12.8. The van der Waals surface area contributed by atoms with E-state index in [1.54, 1.807) is 31.1 Å². The van der Waals surface area contributed by atoms with Crippen LogP contribution >= 0.6 is 0 Å². The minimum Gasteiger partial charge on any atom is -0.382 e. The minimum absolute atomic E-state index is 0.0782. The van der Waals surface area contributed by atoms with Crippen LogP contribution in [-0.2, 0) is 11.8 Å². The Morgan fingerprint density at radius 3 is 2.93 bits per heavy atom. The molecular formula is C10H16N2O2. The molecule has 0 aliphatic carbocycles. The van der Waals surface area contributed by atoms with Crippen LogP contribution in [-0.4, -0.2) is 28.8 Å². The third-order valence-electron chi connectivity index (χ3n) is 2.18. The Morgan fingerprint density at radius 1 is 1.71 bits per heavy atom. The molecule has 0 saturated heterocycles. The highest BCUT2D eigenvalue weighted by atomic mass is 16.5. The number of ether oxygens (including phenoxy) is 1. The van der Waals surface area contributed by atoms with Gasteiger partial charge in [0.1, 0.15) is 5.69 Å². The highest BCUT2D eigenvalue weighted by Gasteiger charge is 2.10. The zero-order valence-corrected chi connectivity index (χ0v) is 8.86. The lowest BCUT2D eigenvalue weighted by Crippen LogP contribution is -2.09. The molecule has 0 saturated carbocycles. The number of aryl methyl sites for hydroxylation is 1. The van der Waals surface area contributed by atoms with Gasteiger partial charge in [-0.2, -0.15) is 5.10 Å². The fourth-order valence-corrected chi connectivity index (χ4v) is 1.14. The highest BCUT2D eigenvalue weighted by molar-refractivity contribution is 5.94. The van der Waals surface area contributed by atoms with E-state index in [0.717, 1.165) is 6.42 Å². The average molecular weight is 196 g/mol. The van der Waals surface area contributed by atoms with Gasteiger partial charge in [0.15, 0.2) is 5.78 Å². The van der Waals surface area contributed by atoms with Crippen molar-refractivity contribution in [2.24, 2.45) is 7.05 Å². The third-order valence-corrected chi connectivity index (χ3v) is 2.18. The number of carbonyl (C=O) groups excluding carboxylic acids is 1. The Kier molecular flexibility index (Phi) is 3.83. The van der Waals surface area contributed by atoms with Gasteiger partial charge in [0, 0.05) is 26.8 Å². The molecule has 1 atom stereocenters. The second kappa shape index (κ2) is 4.91. The summed E-state index contributed by atoms with van der Waals surface area (Å²) in [6, 6.07) is 1.74. The number of rotatable bonds is 5. The molecule has 14 heavy (non-hydrogen) atoms. The van der Waals surface area contributed by atoms with E-state index in [2.05, 4.69) is 5.10 Å². The van der Waals surface area contributed by atoms with Crippen LogP contribution in [0.25, 0.3) is 0 Å². The van der Waals surface area contributed by atoms with Crippen LogP contribution in [0.5, 0.6) is 0 Å². The smallest absolute Gasteiger partial charge is 0.183 e. The first-order valence-corrected chi connectivity index (χ1v) is 4.69. The fraction of sp³-hybridized carbons (Fsp3) is 0.600. The molecule has 1 aromatic rings. The minimum atomic E-state index is 0.0782. The lowest BCUT2D eigenvalue weighted by molar-refractivity contribution is 0.0873. The summed E-state index contributed by atoms with van der Waals surface area (Å²) in [5.74, 6) is 0.0782. The van der Waals surface area contributed by atoms with E-state index in [-0.39, 0.29) is 11.9 Å². The summed E-state index contributed by atoms with van der Waals surface area (Å²) in [7, 11) is 3.45. The van der Waals surface area contributed by atoms with E-state index in [1.165, 1.54) is 0 Å². The number of hydrogen-bond acceptors (Lipinski definition) is 3. The number of hydrogen-bond donors (Lipinski definition) is 0. The van der Waals surface area contributed by atoms with E-state index in [9.17, 15) is 4.79 Å². The van der Waals surface area contributed by atoms with Crippen LogP contribution < -0.4 is 0 Å². The fourth-order valence-electron chi connectivity index (χ4n) is 1.14. The number of methoxy groups -OCH3 is 1. The number of aromatic nitrogens is 2. The summed E-state index contributed by atoms with van der Waals surface area (Å²) < 4.78 is 6.70. The predicted octanol–water partition coefficient (Wildman–Crippen LogP) is 1.42. The van der Waals surface area contributed by atoms with Crippen LogP contribution in [0, 0.1) is 0 Å². The first kappa shape index (κ1) is 10.9. The van der Waals surface area contributed by atoms with Gasteiger partial charge in [0.05, 0.1) is 6.10 Å². The molecule has 0 amide bonds. The average Bonchev–Trinajstić information content (AvgIpc) is 2.60. The molecule has 1 heterocycles. The molecule has 0 spiro atoms. The number of ketones is 1. The van der Waals surface area contributed by atoms with E-state index in [4.69, 9.17) is 4.74 Å². The van der Waals surface area contributed by atoms with Crippen LogP contribution in [0.3, 0.4) is 0 Å². The van der Waals surface area contributed by atoms with Gasteiger partial charge < -0.3 is 4.74 Å². The first-order chi connectivity index (χ1) is 6.63. The van der Waals surface area contributed by atoms with Crippen molar-refractivity contribution >= 4 is 5.78 Å². The zero-order chi connectivity index (χ0) is 10.6. The molecule has 78 valence electrons. The van der Waals surface area contributed by atoms with Crippen LogP contribution in [0.2, 0.25) is 0 Å². The lowest BCUT2D eigenvalue weighted by atomic mass is 10.1. The van der Waals surface area contributed by atoms with Gasteiger partial charge in [-0.1, -0.05) is 0 Å². The molecule has 1 unspecified atom stereocenters. The van der Waals surface area contributed by atoms with Gasteiger partial charge in [-0.15, -0.1) is 0 Å². The second-order valence-corrected chi connectivity index (χ2v) is 3.38. The monoisotopic (exact) mass is 196 g/mol. The van der Waals surface area contributed by atoms with E-state index in [1.807, 2.05) is 6.92 Å². The molecule has 1 rings (SSSR count). The first-order valence-electron chi connectivity index (χ1n) is 4.69. The maximum atomic E-state index is 11.5. The maximum absolute atomic E-state index is 11.5. The molecular weight excluding hydrogens is 180 g/mol. The summed E-state index contributed by atoms with van der Waals surface area (Å²) in [5, 5.41) is 4.04. The van der Waals surface area contributed by atoms with Gasteiger partial charge in [0.25, 0.3) is 0 Å². The van der Waals surface area contributed by atoms with Crippen LogP contribution in [0.15, 0.2) is 12.3 Å². The Balaban J connectivity index is 2.43. The van der Waals surface area contributed by atoms with Crippen molar-refractivity contribution in [3.63, 3.8) is 0 Å². The van der Waals surface area contributed by atoms with Gasteiger partial charge in [-0.25, -0.2) is 0 Å². The SMILES string of the molecule is COC(C)CCC(=O)c1ccn(C)n1. The summed E-state index contributed by atoms with van der Waals surface area (Å²) in [5.41, 5.74) is 0.538. The molecule has 0 radical (unpaired) electrons. The Hall–Kier alpha value is -1.16. The second-order valence-electron chi connectivity index (χ2n) is 3.38. The van der Waals surface area contributed by atoms with Crippen molar-refractivity contribution in [2.45, 2.75) is 25.9 Å². The molecule has 0 N–H and O–H groups in total. The number of carbonyl (C=O) groups is 1. The molecule has 0 aliphatic rings. The Labute approximate surface area is 83.9 Å². The van der Waals surface area contributed by atoms with Gasteiger partial charge in [-0.05, 0) is 19.4 Å². The molecule has 0 bridgehead atoms. The van der Waals surface area contributed by atoms with Gasteiger partial charge in [-0.3, -0.25) is 9.48 Å². The Morgan fingerprint density at radius 2 is 2.43 bits per heavy atom. The molecule has 0 aromatic carbocycles. The summed E-state index contributed by atoms with van der Waals surface area (Å²) >= 11 is 0. The summed E-state index contributed by atoms with van der Waals surface area (Å²) in [6.07, 6.45) is 3.13. The zero-order valence-electron chi connectivity index (χ0n) is 8.86. The van der Waals surface area contributed by atoms with E-state index >= 15 is 0 Å². The van der Waals surface area contributed by atoms with Crippen molar-refractivity contribution in [1.82, 2.24) is 9.78 Å². The topological polar surface area (TPSA) is 44.1 Å². The summed E-state index contributed by atoms with van der Waals surface area (Å²) in [6.45, 7) is 1.95. The molecule has 0 fully saturated rings. The van der Waals surface area contributed by atoms with Gasteiger partial charge >= 0.3 is 0 Å². The van der Waals surface area contributed by atoms with Crippen molar-refractivity contribution < 1.29 is 9.53 Å². The van der Waals surface area contributed by atoms with Crippen LogP contribution in [0.1, 0.15) is 30.3 Å².